The Labute approximate surface area is 250 Å². The Balaban J connectivity index is 1.79. The van der Waals surface area contributed by atoms with Crippen LogP contribution in [-0.4, -0.2) is 66.7 Å². The van der Waals surface area contributed by atoms with Crippen LogP contribution in [0, 0.1) is 17.1 Å². The quantitative estimate of drug-likeness (QED) is 0.127. The van der Waals surface area contributed by atoms with Crippen LogP contribution in [0.5, 0.6) is 0 Å². The van der Waals surface area contributed by atoms with E-state index in [0.717, 1.165) is 81.3 Å². The van der Waals surface area contributed by atoms with E-state index in [1.807, 2.05) is 13.0 Å². The van der Waals surface area contributed by atoms with E-state index >= 15 is 4.39 Å². The van der Waals surface area contributed by atoms with Crippen molar-refractivity contribution in [3.8, 4) is 6.07 Å². The average molecular weight is 608 g/mol. The number of thiocarbonyl (C=S) groups is 1. The number of hydrogen-bond acceptors (Lipinski definition) is 6. The summed E-state index contributed by atoms with van der Waals surface area (Å²) in [7, 11) is 1.31. The minimum Gasteiger partial charge on any atom is -0.382 e. The zero-order valence-corrected chi connectivity index (χ0v) is 25.2. The number of hydrogen-bond donors (Lipinski definition) is 0. The second-order valence-electron chi connectivity index (χ2n) is 10.8. The molecule has 228 valence electrons. The third-order valence-electron chi connectivity index (χ3n) is 7.48. The summed E-state index contributed by atoms with van der Waals surface area (Å²) >= 11 is 5.60. The number of piperidine rings is 1. The van der Waals surface area contributed by atoms with Crippen molar-refractivity contribution in [2.24, 2.45) is 0 Å². The lowest BCUT2D eigenvalue weighted by Crippen LogP contribution is -2.54. The minimum absolute atomic E-state index is 0.115. The first-order chi connectivity index (χ1) is 19.8. The number of halogens is 4. The molecule has 0 N–H and O–H groups in total. The Morgan fingerprint density at radius 3 is 2.45 bits per heavy atom. The maximum absolute atomic E-state index is 15.2. The standard InChI is InChI=1S/C30H37F4N5O2S/c1-5-41-17-7-6-14-38-15-12-21(13-16-38)24-10-9-23(19-36-24)39(29(2,3)20-40)28(42)37(4)25-11-8-22(18-35)26(27(25)31)30(32,33)34/h8-11,19-21H,5-7,12-17H2,1-4H3. The largest absolute Gasteiger partial charge is 0.420 e. The number of rotatable bonds is 11. The highest BCUT2D eigenvalue weighted by molar-refractivity contribution is 7.80. The topological polar surface area (TPSA) is 72.7 Å². The Morgan fingerprint density at radius 1 is 1.21 bits per heavy atom. The van der Waals surface area contributed by atoms with Gasteiger partial charge in [0.15, 0.2) is 10.9 Å². The van der Waals surface area contributed by atoms with Gasteiger partial charge in [-0.25, -0.2) is 4.39 Å². The van der Waals surface area contributed by atoms with Crippen LogP contribution in [0.1, 0.15) is 69.2 Å². The molecule has 2 aromatic rings. The fraction of sp³-hybridized carbons (Fsp3) is 0.533. The first kappa shape index (κ1) is 33.4. The van der Waals surface area contributed by atoms with Gasteiger partial charge in [0, 0.05) is 31.9 Å². The van der Waals surface area contributed by atoms with Gasteiger partial charge in [0.1, 0.15) is 11.8 Å². The molecule has 1 aromatic carbocycles. The summed E-state index contributed by atoms with van der Waals surface area (Å²) in [6.45, 7) is 9.68. The van der Waals surface area contributed by atoms with Gasteiger partial charge in [0.2, 0.25) is 0 Å². The van der Waals surface area contributed by atoms with Crippen LogP contribution >= 0.6 is 12.2 Å². The van der Waals surface area contributed by atoms with Crippen LogP contribution in [0.4, 0.5) is 28.9 Å². The van der Waals surface area contributed by atoms with Crippen LogP contribution < -0.4 is 9.80 Å². The molecule has 3 rings (SSSR count). The number of nitriles is 1. The van der Waals surface area contributed by atoms with E-state index in [4.69, 9.17) is 22.2 Å². The van der Waals surface area contributed by atoms with Gasteiger partial charge in [-0.15, -0.1) is 0 Å². The molecule has 1 aliphatic rings. The van der Waals surface area contributed by atoms with Crippen LogP contribution in [-0.2, 0) is 15.7 Å². The summed E-state index contributed by atoms with van der Waals surface area (Å²) in [5.41, 5.74) is -2.87. The van der Waals surface area contributed by atoms with Crippen molar-refractivity contribution in [3.05, 3.63) is 53.1 Å². The highest BCUT2D eigenvalue weighted by Crippen LogP contribution is 2.38. The maximum atomic E-state index is 15.2. The molecule has 2 heterocycles. The number of alkyl halides is 3. The Hall–Kier alpha value is -3.14. The molecule has 0 aliphatic carbocycles. The lowest BCUT2D eigenvalue weighted by molar-refractivity contribution is -0.140. The van der Waals surface area contributed by atoms with E-state index in [0.29, 0.717) is 12.0 Å². The molecular weight excluding hydrogens is 570 g/mol. The SMILES string of the molecule is CCOCCCCN1CCC(c2ccc(N(C(=S)N(C)c3ccc(C#N)c(C(F)(F)F)c3F)C(C)(C)C=O)cn2)CC1. The van der Waals surface area contributed by atoms with Crippen molar-refractivity contribution in [1.82, 2.24) is 9.88 Å². The van der Waals surface area contributed by atoms with Gasteiger partial charge < -0.3 is 24.2 Å². The number of carbonyl (C=O) groups is 1. The van der Waals surface area contributed by atoms with Crippen LogP contribution in [0.3, 0.4) is 0 Å². The van der Waals surface area contributed by atoms with Crippen molar-refractivity contribution in [2.75, 3.05) is 49.7 Å². The van der Waals surface area contributed by atoms with Gasteiger partial charge in [0.05, 0.1) is 34.7 Å². The van der Waals surface area contributed by atoms with Crippen LogP contribution in [0.25, 0.3) is 0 Å². The minimum atomic E-state index is -5.09. The predicted molar refractivity (Wildman–Crippen MR) is 158 cm³/mol. The van der Waals surface area contributed by atoms with Crippen molar-refractivity contribution < 1.29 is 27.1 Å². The van der Waals surface area contributed by atoms with E-state index in [1.165, 1.54) is 18.0 Å². The van der Waals surface area contributed by atoms with Gasteiger partial charge in [0.25, 0.3) is 0 Å². The summed E-state index contributed by atoms with van der Waals surface area (Å²) in [6, 6.07) is 6.99. The van der Waals surface area contributed by atoms with Crippen molar-refractivity contribution >= 4 is 35.0 Å². The van der Waals surface area contributed by atoms with E-state index in [9.17, 15) is 18.0 Å². The Bertz CT molecular complexity index is 1270. The number of aromatic nitrogens is 1. The number of ether oxygens (including phenoxy) is 1. The van der Waals surface area contributed by atoms with Crippen molar-refractivity contribution in [2.45, 2.75) is 64.1 Å². The van der Waals surface area contributed by atoms with Gasteiger partial charge in [-0.05, 0) is 103 Å². The summed E-state index contributed by atoms with van der Waals surface area (Å²) in [4.78, 5) is 21.7. The summed E-state index contributed by atoms with van der Waals surface area (Å²) < 4.78 is 61.4. The van der Waals surface area contributed by atoms with E-state index < -0.39 is 34.3 Å². The highest BCUT2D eigenvalue weighted by atomic mass is 32.1. The van der Waals surface area contributed by atoms with Gasteiger partial charge in [-0.2, -0.15) is 18.4 Å². The lowest BCUT2D eigenvalue weighted by Gasteiger charge is -2.39. The number of nitrogens with zero attached hydrogens (tertiary/aromatic N) is 5. The summed E-state index contributed by atoms with van der Waals surface area (Å²) in [5, 5.41) is 8.98. The number of benzene rings is 1. The molecule has 12 heteroatoms. The molecule has 42 heavy (non-hydrogen) atoms. The Kier molecular flexibility index (Phi) is 11.4. The van der Waals surface area contributed by atoms with Crippen LogP contribution in [0.15, 0.2) is 30.5 Å². The van der Waals surface area contributed by atoms with Crippen molar-refractivity contribution in [3.63, 3.8) is 0 Å². The zero-order chi connectivity index (χ0) is 31.1. The Morgan fingerprint density at radius 2 is 1.90 bits per heavy atom. The number of unbranched alkanes of at least 4 members (excludes halogenated alkanes) is 1. The van der Waals surface area contributed by atoms with Gasteiger partial charge in [-0.3, -0.25) is 4.98 Å². The molecule has 7 nitrogen and oxygen atoms in total. The predicted octanol–water partition coefficient (Wildman–Crippen LogP) is 6.31. The average Bonchev–Trinajstić information content (AvgIpc) is 2.96. The fourth-order valence-electron chi connectivity index (χ4n) is 5.10. The summed E-state index contributed by atoms with van der Waals surface area (Å²) in [5.74, 6) is -1.35. The second-order valence-corrected chi connectivity index (χ2v) is 11.2. The molecule has 0 atom stereocenters. The number of likely N-dealkylation sites (tertiary alicyclic amines) is 1. The molecule has 0 radical (unpaired) electrons. The van der Waals surface area contributed by atoms with Crippen LogP contribution in [0.2, 0.25) is 0 Å². The first-order valence-corrected chi connectivity index (χ1v) is 14.4. The normalized spacial score (nSPS) is 14.8. The molecule has 1 aromatic heterocycles. The first-order valence-electron chi connectivity index (χ1n) is 14.0. The molecule has 0 unspecified atom stereocenters. The smallest absolute Gasteiger partial charge is 0.382 e. The third-order valence-corrected chi connectivity index (χ3v) is 7.94. The fourth-order valence-corrected chi connectivity index (χ4v) is 5.54. The number of aldehydes is 1. The van der Waals surface area contributed by atoms with Crippen molar-refractivity contribution in [1.29, 1.82) is 5.26 Å². The lowest BCUT2D eigenvalue weighted by atomic mass is 9.92. The summed E-state index contributed by atoms with van der Waals surface area (Å²) in [6.07, 6.45) is 1.21. The monoisotopic (exact) mass is 607 g/mol. The maximum Gasteiger partial charge on any atom is 0.420 e. The third kappa shape index (κ3) is 7.82. The molecular formula is C30H37F4N5O2S. The number of anilines is 2. The number of carbonyl (C=O) groups excluding carboxylic acids is 1. The molecule has 1 saturated heterocycles. The molecule has 0 saturated carbocycles. The molecule has 1 fully saturated rings. The molecule has 1 aliphatic heterocycles. The van der Waals surface area contributed by atoms with E-state index in [2.05, 4.69) is 9.88 Å². The van der Waals surface area contributed by atoms with E-state index in [1.54, 1.807) is 26.1 Å². The molecule has 0 bridgehead atoms. The molecule has 0 amide bonds. The zero-order valence-electron chi connectivity index (χ0n) is 24.4. The van der Waals surface area contributed by atoms with Gasteiger partial charge in [-0.1, -0.05) is 0 Å². The van der Waals surface area contributed by atoms with Gasteiger partial charge >= 0.3 is 6.18 Å². The second kappa shape index (κ2) is 14.4. The molecule has 0 spiro atoms. The number of pyridine rings is 1. The van der Waals surface area contributed by atoms with E-state index in [-0.39, 0.29) is 11.0 Å². The highest BCUT2D eigenvalue weighted by Gasteiger charge is 2.40.